The molecule has 2 aromatic heterocycles. The van der Waals surface area contributed by atoms with Gasteiger partial charge in [0.1, 0.15) is 18.5 Å². The molecule has 0 aromatic carbocycles. The maximum absolute atomic E-state index is 11.9. The molecule has 0 amide bonds. The van der Waals surface area contributed by atoms with Crippen LogP contribution in [0.5, 0.6) is 0 Å². The quantitative estimate of drug-likeness (QED) is 0.776. The Kier molecular flexibility index (Phi) is 3.99. The average molecular weight is 271 g/mol. The molecular formula is C12H11ClO3S. The van der Waals surface area contributed by atoms with Gasteiger partial charge >= 0.3 is 0 Å². The highest BCUT2D eigenvalue weighted by Gasteiger charge is 2.17. The van der Waals surface area contributed by atoms with Crippen LogP contribution in [-0.4, -0.2) is 11.9 Å². The fourth-order valence-electron chi connectivity index (χ4n) is 1.32. The van der Waals surface area contributed by atoms with Crippen molar-refractivity contribution in [2.75, 3.05) is 0 Å². The number of carbonyl (C=O) groups is 1. The lowest BCUT2D eigenvalue weighted by Gasteiger charge is -2.09. The van der Waals surface area contributed by atoms with Gasteiger partial charge in [-0.15, -0.1) is 11.3 Å². The van der Waals surface area contributed by atoms with E-state index in [1.54, 1.807) is 37.5 Å². The molecule has 0 fully saturated rings. The molecule has 0 aliphatic carbocycles. The molecule has 2 rings (SSSR count). The molecule has 0 N–H and O–H groups in total. The average Bonchev–Trinajstić information content (AvgIpc) is 2.95. The van der Waals surface area contributed by atoms with Gasteiger partial charge in [-0.25, -0.2) is 0 Å². The Morgan fingerprint density at radius 1 is 1.53 bits per heavy atom. The molecule has 17 heavy (non-hydrogen) atoms. The second-order valence-electron chi connectivity index (χ2n) is 3.50. The molecule has 0 spiro atoms. The van der Waals surface area contributed by atoms with Crippen molar-refractivity contribution >= 4 is 28.7 Å². The van der Waals surface area contributed by atoms with Crippen LogP contribution in [0.2, 0.25) is 4.34 Å². The molecule has 0 saturated carbocycles. The highest BCUT2D eigenvalue weighted by molar-refractivity contribution is 7.18. The van der Waals surface area contributed by atoms with Crippen LogP contribution < -0.4 is 0 Å². The lowest BCUT2D eigenvalue weighted by atomic mass is 10.2. The first kappa shape index (κ1) is 12.4. The third kappa shape index (κ3) is 3.19. The zero-order valence-corrected chi connectivity index (χ0v) is 10.8. The molecule has 0 aliphatic rings. The van der Waals surface area contributed by atoms with Crippen LogP contribution in [0.1, 0.15) is 22.4 Å². The van der Waals surface area contributed by atoms with Gasteiger partial charge in [-0.2, -0.15) is 0 Å². The van der Waals surface area contributed by atoms with Gasteiger partial charge in [-0.1, -0.05) is 11.6 Å². The summed E-state index contributed by atoms with van der Waals surface area (Å²) >= 11 is 7.04. The number of furan rings is 1. The summed E-state index contributed by atoms with van der Waals surface area (Å²) in [6.07, 6.45) is 1.07. The Hall–Kier alpha value is -1.10. The standard InChI is InChI=1S/C12H11ClO3S/c1-8(16-7-9-3-2-6-15-9)12(14)10-4-5-11(13)17-10/h2-6,8H,7H2,1H3. The van der Waals surface area contributed by atoms with Crippen molar-refractivity contribution < 1.29 is 13.9 Å². The molecule has 2 heterocycles. The predicted octanol–water partition coefficient (Wildman–Crippen LogP) is 3.78. The number of ether oxygens (including phenoxy) is 1. The van der Waals surface area contributed by atoms with E-state index in [0.29, 0.717) is 21.6 Å². The third-order valence-electron chi connectivity index (χ3n) is 2.24. The first-order chi connectivity index (χ1) is 8.16. The summed E-state index contributed by atoms with van der Waals surface area (Å²) in [5, 5.41) is 0. The van der Waals surface area contributed by atoms with Gasteiger partial charge in [0.05, 0.1) is 15.5 Å². The smallest absolute Gasteiger partial charge is 0.201 e. The Morgan fingerprint density at radius 2 is 2.35 bits per heavy atom. The van der Waals surface area contributed by atoms with Crippen LogP contribution >= 0.6 is 22.9 Å². The molecule has 0 saturated heterocycles. The van der Waals surface area contributed by atoms with E-state index in [1.165, 1.54) is 11.3 Å². The summed E-state index contributed by atoms with van der Waals surface area (Å²) in [6.45, 7) is 2.01. The SMILES string of the molecule is CC(OCc1ccco1)C(=O)c1ccc(Cl)s1. The molecule has 1 unspecified atom stereocenters. The summed E-state index contributed by atoms with van der Waals surface area (Å²) in [5.41, 5.74) is 0. The predicted molar refractivity (Wildman–Crippen MR) is 66.6 cm³/mol. The number of halogens is 1. The van der Waals surface area contributed by atoms with E-state index in [0.717, 1.165) is 0 Å². The number of hydrogen-bond donors (Lipinski definition) is 0. The van der Waals surface area contributed by atoms with Crippen molar-refractivity contribution in [1.82, 2.24) is 0 Å². The number of rotatable bonds is 5. The molecule has 90 valence electrons. The van der Waals surface area contributed by atoms with Crippen LogP contribution in [-0.2, 0) is 11.3 Å². The number of thiophene rings is 1. The summed E-state index contributed by atoms with van der Waals surface area (Å²) in [5.74, 6) is 0.641. The van der Waals surface area contributed by atoms with Crippen molar-refractivity contribution in [3.8, 4) is 0 Å². The number of hydrogen-bond acceptors (Lipinski definition) is 4. The molecule has 0 bridgehead atoms. The van der Waals surface area contributed by atoms with Gasteiger partial charge in [0, 0.05) is 0 Å². The van der Waals surface area contributed by atoms with Crippen molar-refractivity contribution in [3.05, 3.63) is 45.5 Å². The van der Waals surface area contributed by atoms with Crippen LogP contribution in [0.4, 0.5) is 0 Å². The molecule has 0 aliphatic heterocycles. The highest BCUT2D eigenvalue weighted by atomic mass is 35.5. The van der Waals surface area contributed by atoms with Crippen molar-refractivity contribution in [3.63, 3.8) is 0 Å². The largest absolute Gasteiger partial charge is 0.467 e. The first-order valence-electron chi connectivity index (χ1n) is 5.10. The first-order valence-corrected chi connectivity index (χ1v) is 6.30. The zero-order valence-electron chi connectivity index (χ0n) is 9.18. The van der Waals surface area contributed by atoms with E-state index < -0.39 is 6.10 Å². The second-order valence-corrected chi connectivity index (χ2v) is 5.22. The Bertz CT molecular complexity index is 490. The fourth-order valence-corrected chi connectivity index (χ4v) is 2.39. The number of carbonyl (C=O) groups excluding carboxylic acids is 1. The van der Waals surface area contributed by atoms with E-state index >= 15 is 0 Å². The molecule has 5 heteroatoms. The van der Waals surface area contributed by atoms with Crippen molar-refractivity contribution in [2.45, 2.75) is 19.6 Å². The minimum Gasteiger partial charge on any atom is -0.467 e. The molecule has 0 radical (unpaired) electrons. The zero-order chi connectivity index (χ0) is 12.3. The molecule has 1 atom stereocenters. The van der Waals surface area contributed by atoms with E-state index in [2.05, 4.69) is 0 Å². The van der Waals surface area contributed by atoms with E-state index in [-0.39, 0.29) is 5.78 Å². The van der Waals surface area contributed by atoms with Crippen LogP contribution in [0.3, 0.4) is 0 Å². The summed E-state index contributed by atoms with van der Waals surface area (Å²) in [4.78, 5) is 12.5. The van der Waals surface area contributed by atoms with E-state index in [4.69, 9.17) is 20.8 Å². The van der Waals surface area contributed by atoms with E-state index in [9.17, 15) is 4.79 Å². The second kappa shape index (κ2) is 5.49. The third-order valence-corrected chi connectivity index (χ3v) is 3.49. The molecule has 2 aromatic rings. The minimum atomic E-state index is -0.505. The normalized spacial score (nSPS) is 12.6. The van der Waals surface area contributed by atoms with Crippen LogP contribution in [0.25, 0.3) is 0 Å². The number of ketones is 1. The lowest BCUT2D eigenvalue weighted by Crippen LogP contribution is -2.19. The van der Waals surface area contributed by atoms with E-state index in [1.807, 2.05) is 0 Å². The summed E-state index contributed by atoms with van der Waals surface area (Å²) in [6, 6.07) is 7.00. The maximum Gasteiger partial charge on any atom is 0.201 e. The van der Waals surface area contributed by atoms with Gasteiger partial charge in [-0.3, -0.25) is 4.79 Å². The highest BCUT2D eigenvalue weighted by Crippen LogP contribution is 2.23. The minimum absolute atomic E-state index is 0.0616. The van der Waals surface area contributed by atoms with Gasteiger partial charge in [0.15, 0.2) is 0 Å². The summed E-state index contributed by atoms with van der Waals surface area (Å²) in [7, 11) is 0. The number of Topliss-reactive ketones (excluding diaryl/α,β-unsaturated/α-hetero) is 1. The fraction of sp³-hybridized carbons (Fsp3) is 0.250. The topological polar surface area (TPSA) is 39.4 Å². The Balaban J connectivity index is 1.91. The van der Waals surface area contributed by atoms with Crippen molar-refractivity contribution in [1.29, 1.82) is 0 Å². The lowest BCUT2D eigenvalue weighted by molar-refractivity contribution is 0.0360. The van der Waals surface area contributed by atoms with Crippen molar-refractivity contribution in [2.24, 2.45) is 0 Å². The monoisotopic (exact) mass is 270 g/mol. The Morgan fingerprint density at radius 3 is 2.94 bits per heavy atom. The van der Waals surface area contributed by atoms with Gasteiger partial charge in [0.2, 0.25) is 5.78 Å². The molecule has 3 nitrogen and oxygen atoms in total. The van der Waals surface area contributed by atoms with Gasteiger partial charge in [0.25, 0.3) is 0 Å². The summed E-state index contributed by atoms with van der Waals surface area (Å²) < 4.78 is 11.2. The Labute approximate surface area is 108 Å². The van der Waals surface area contributed by atoms with Crippen LogP contribution in [0.15, 0.2) is 34.9 Å². The van der Waals surface area contributed by atoms with Gasteiger partial charge < -0.3 is 9.15 Å². The molecular weight excluding hydrogens is 260 g/mol. The maximum atomic E-state index is 11.9. The van der Waals surface area contributed by atoms with Crippen LogP contribution in [0, 0.1) is 0 Å². The van der Waals surface area contributed by atoms with Gasteiger partial charge in [-0.05, 0) is 31.2 Å².